The monoisotopic (exact) mass is 399 g/mol. The van der Waals surface area contributed by atoms with Gasteiger partial charge in [0.25, 0.3) is 0 Å². The van der Waals surface area contributed by atoms with E-state index >= 15 is 0 Å². The van der Waals surface area contributed by atoms with E-state index in [1.807, 2.05) is 0 Å². The predicted octanol–water partition coefficient (Wildman–Crippen LogP) is 2.59. The normalized spacial score (nSPS) is 16.5. The number of carbonyl (C=O) groups is 1. The Kier molecular flexibility index (Phi) is 6.89. The standard InChI is InChI=1S/C21H25N3O5/c1-26-17-12-15(13-18(27-2)20(17)28-3)7-8-19(25)24-11-4-6-16(14-24)29-21-22-9-5-10-23-21/h5,7-10,12-13,16H,4,6,11,14H2,1-3H3/b8-7+. The predicted molar refractivity (Wildman–Crippen MR) is 107 cm³/mol. The molecule has 0 N–H and O–H groups in total. The van der Waals surface area contributed by atoms with Gasteiger partial charge in [-0.3, -0.25) is 4.79 Å². The van der Waals surface area contributed by atoms with Crippen LogP contribution in [0.3, 0.4) is 0 Å². The summed E-state index contributed by atoms with van der Waals surface area (Å²) < 4.78 is 21.8. The highest BCUT2D eigenvalue weighted by Crippen LogP contribution is 2.38. The molecule has 1 fully saturated rings. The first-order valence-corrected chi connectivity index (χ1v) is 9.35. The minimum Gasteiger partial charge on any atom is -0.493 e. The zero-order valence-electron chi connectivity index (χ0n) is 16.8. The number of carbonyl (C=O) groups excluding carboxylic acids is 1. The Morgan fingerprint density at radius 2 is 1.79 bits per heavy atom. The number of rotatable bonds is 7. The maximum atomic E-state index is 12.7. The van der Waals surface area contributed by atoms with Crippen LogP contribution in [0.25, 0.3) is 6.08 Å². The van der Waals surface area contributed by atoms with Crippen LogP contribution in [-0.4, -0.2) is 61.3 Å². The molecular formula is C21H25N3O5. The molecule has 3 rings (SSSR count). The van der Waals surface area contributed by atoms with E-state index in [9.17, 15) is 4.79 Å². The van der Waals surface area contributed by atoms with Crippen LogP contribution in [0.15, 0.2) is 36.7 Å². The smallest absolute Gasteiger partial charge is 0.316 e. The van der Waals surface area contributed by atoms with Gasteiger partial charge in [0, 0.05) is 25.0 Å². The van der Waals surface area contributed by atoms with Crippen molar-refractivity contribution in [1.82, 2.24) is 14.9 Å². The van der Waals surface area contributed by atoms with E-state index in [4.69, 9.17) is 18.9 Å². The van der Waals surface area contributed by atoms with Crippen molar-refractivity contribution in [2.24, 2.45) is 0 Å². The van der Waals surface area contributed by atoms with Crippen LogP contribution in [0.2, 0.25) is 0 Å². The van der Waals surface area contributed by atoms with Gasteiger partial charge in [-0.05, 0) is 42.7 Å². The molecule has 0 saturated carbocycles. The maximum absolute atomic E-state index is 12.7. The van der Waals surface area contributed by atoms with Gasteiger partial charge in [-0.25, -0.2) is 9.97 Å². The van der Waals surface area contributed by atoms with Crippen LogP contribution in [-0.2, 0) is 4.79 Å². The van der Waals surface area contributed by atoms with E-state index in [1.54, 1.807) is 69.0 Å². The fourth-order valence-corrected chi connectivity index (χ4v) is 3.20. The molecule has 0 aliphatic carbocycles. The molecular weight excluding hydrogens is 374 g/mol. The summed E-state index contributed by atoms with van der Waals surface area (Å²) in [5.74, 6) is 1.50. The Morgan fingerprint density at radius 3 is 2.41 bits per heavy atom. The number of amides is 1. The van der Waals surface area contributed by atoms with E-state index < -0.39 is 0 Å². The van der Waals surface area contributed by atoms with Crippen molar-refractivity contribution in [3.05, 3.63) is 42.2 Å². The van der Waals surface area contributed by atoms with Crippen molar-refractivity contribution in [3.63, 3.8) is 0 Å². The Labute approximate surface area is 170 Å². The highest BCUT2D eigenvalue weighted by Gasteiger charge is 2.24. The van der Waals surface area contributed by atoms with Crippen molar-refractivity contribution in [2.45, 2.75) is 18.9 Å². The van der Waals surface area contributed by atoms with E-state index in [0.29, 0.717) is 36.3 Å². The Hall–Kier alpha value is -3.29. The summed E-state index contributed by atoms with van der Waals surface area (Å²) in [6.45, 7) is 1.19. The largest absolute Gasteiger partial charge is 0.493 e. The Morgan fingerprint density at radius 1 is 1.10 bits per heavy atom. The molecule has 1 aliphatic heterocycles. The number of ether oxygens (including phenoxy) is 4. The number of hydrogen-bond acceptors (Lipinski definition) is 7. The second-order valence-electron chi connectivity index (χ2n) is 6.49. The van der Waals surface area contributed by atoms with Crippen LogP contribution in [0, 0.1) is 0 Å². The molecule has 0 bridgehead atoms. The van der Waals surface area contributed by atoms with Crippen molar-refractivity contribution < 1.29 is 23.7 Å². The molecule has 2 aromatic rings. The average Bonchev–Trinajstić information content (AvgIpc) is 2.77. The first-order chi connectivity index (χ1) is 14.1. The molecule has 8 nitrogen and oxygen atoms in total. The molecule has 1 atom stereocenters. The number of likely N-dealkylation sites (tertiary alicyclic amines) is 1. The minimum atomic E-state index is -0.121. The first-order valence-electron chi connectivity index (χ1n) is 9.35. The van der Waals surface area contributed by atoms with Gasteiger partial charge in [0.2, 0.25) is 11.7 Å². The van der Waals surface area contributed by atoms with Gasteiger partial charge in [-0.1, -0.05) is 0 Å². The van der Waals surface area contributed by atoms with Crippen molar-refractivity contribution >= 4 is 12.0 Å². The van der Waals surface area contributed by atoms with Crippen LogP contribution in [0.4, 0.5) is 0 Å². The summed E-state index contributed by atoms with van der Waals surface area (Å²) in [5, 5.41) is 0. The molecule has 1 saturated heterocycles. The number of nitrogens with zero attached hydrogens (tertiary/aromatic N) is 3. The van der Waals surface area contributed by atoms with E-state index in [-0.39, 0.29) is 12.0 Å². The first kappa shape index (κ1) is 20.4. The van der Waals surface area contributed by atoms with Gasteiger partial charge in [-0.15, -0.1) is 0 Å². The molecule has 0 radical (unpaired) electrons. The zero-order valence-corrected chi connectivity index (χ0v) is 16.8. The summed E-state index contributed by atoms with van der Waals surface area (Å²) in [5.41, 5.74) is 0.773. The van der Waals surface area contributed by atoms with Crippen molar-refractivity contribution in [1.29, 1.82) is 0 Å². The highest BCUT2D eigenvalue weighted by atomic mass is 16.5. The van der Waals surface area contributed by atoms with Crippen LogP contribution in [0.5, 0.6) is 23.3 Å². The molecule has 2 heterocycles. The topological polar surface area (TPSA) is 83.0 Å². The lowest BCUT2D eigenvalue weighted by molar-refractivity contribution is -0.128. The molecule has 0 spiro atoms. The fourth-order valence-electron chi connectivity index (χ4n) is 3.20. The van der Waals surface area contributed by atoms with Gasteiger partial charge in [0.05, 0.1) is 27.9 Å². The third kappa shape index (κ3) is 5.16. The fraction of sp³-hybridized carbons (Fsp3) is 0.381. The van der Waals surface area contributed by atoms with E-state index in [0.717, 1.165) is 18.4 Å². The molecule has 1 aliphatic rings. The number of benzene rings is 1. The quantitative estimate of drug-likeness (QED) is 0.662. The van der Waals surface area contributed by atoms with E-state index in [1.165, 1.54) is 0 Å². The van der Waals surface area contributed by atoms with Crippen LogP contribution in [0.1, 0.15) is 18.4 Å². The second-order valence-corrected chi connectivity index (χ2v) is 6.49. The summed E-state index contributed by atoms with van der Waals surface area (Å²) >= 11 is 0. The van der Waals surface area contributed by atoms with Gasteiger partial charge >= 0.3 is 6.01 Å². The van der Waals surface area contributed by atoms with Crippen molar-refractivity contribution in [3.8, 4) is 23.3 Å². The lowest BCUT2D eigenvalue weighted by Crippen LogP contribution is -2.43. The molecule has 1 aromatic heterocycles. The van der Waals surface area contributed by atoms with Gasteiger partial charge in [0.1, 0.15) is 6.10 Å². The van der Waals surface area contributed by atoms with Crippen molar-refractivity contribution in [2.75, 3.05) is 34.4 Å². The summed E-state index contributed by atoms with van der Waals surface area (Å²) in [6.07, 6.45) is 8.15. The third-order valence-corrected chi connectivity index (χ3v) is 4.61. The maximum Gasteiger partial charge on any atom is 0.316 e. The lowest BCUT2D eigenvalue weighted by atomic mass is 10.1. The second kappa shape index (κ2) is 9.77. The summed E-state index contributed by atoms with van der Waals surface area (Å²) in [4.78, 5) is 22.6. The van der Waals surface area contributed by atoms with Crippen LogP contribution >= 0.6 is 0 Å². The number of methoxy groups -OCH3 is 3. The van der Waals surface area contributed by atoms with Gasteiger partial charge < -0.3 is 23.8 Å². The Balaban J connectivity index is 1.67. The van der Waals surface area contributed by atoms with Crippen LogP contribution < -0.4 is 18.9 Å². The summed E-state index contributed by atoms with van der Waals surface area (Å²) in [7, 11) is 4.66. The number of piperidine rings is 1. The van der Waals surface area contributed by atoms with E-state index in [2.05, 4.69) is 9.97 Å². The third-order valence-electron chi connectivity index (χ3n) is 4.61. The molecule has 1 unspecified atom stereocenters. The summed E-state index contributed by atoms with van der Waals surface area (Å²) in [6, 6.07) is 5.65. The molecule has 8 heteroatoms. The highest BCUT2D eigenvalue weighted by molar-refractivity contribution is 5.92. The molecule has 1 amide bonds. The van der Waals surface area contributed by atoms with Gasteiger partial charge in [-0.2, -0.15) is 0 Å². The lowest BCUT2D eigenvalue weighted by Gasteiger charge is -2.31. The zero-order chi connectivity index (χ0) is 20.6. The SMILES string of the molecule is COc1cc(/C=C/C(=O)N2CCCC(Oc3ncccn3)C2)cc(OC)c1OC. The number of hydrogen-bond donors (Lipinski definition) is 0. The number of aromatic nitrogens is 2. The minimum absolute atomic E-state index is 0.0824. The molecule has 154 valence electrons. The average molecular weight is 399 g/mol. The Bertz CT molecular complexity index is 832. The molecule has 29 heavy (non-hydrogen) atoms. The van der Waals surface area contributed by atoms with Gasteiger partial charge in [0.15, 0.2) is 11.5 Å². The molecule has 1 aromatic carbocycles.